The highest BCUT2D eigenvalue weighted by Crippen LogP contribution is 2.22. The van der Waals surface area contributed by atoms with E-state index in [0.29, 0.717) is 12.1 Å². The minimum atomic E-state index is -0.518. The molecule has 2 rings (SSSR count). The Bertz CT molecular complexity index is 792. The molecule has 1 unspecified atom stereocenters. The van der Waals surface area contributed by atoms with Crippen LogP contribution in [0.1, 0.15) is 102 Å². The molecule has 1 aromatic carbocycles. The first kappa shape index (κ1) is 74.0. The van der Waals surface area contributed by atoms with E-state index < -0.39 is 5.92 Å². The van der Waals surface area contributed by atoms with Gasteiger partial charge in [0, 0.05) is 13.2 Å². The molecule has 1 aliphatic heterocycles. The van der Waals surface area contributed by atoms with Crippen LogP contribution in [0.5, 0.6) is 0 Å². The van der Waals surface area contributed by atoms with Crippen LogP contribution in [0.4, 0.5) is 5.69 Å². The summed E-state index contributed by atoms with van der Waals surface area (Å²) in [6.45, 7) is 54.7. The number of nitrogens with one attached hydrogen (secondary N) is 1. The van der Waals surface area contributed by atoms with Gasteiger partial charge in [0.15, 0.2) is 0 Å². The van der Waals surface area contributed by atoms with E-state index in [-0.39, 0.29) is 25.0 Å². The van der Waals surface area contributed by atoms with Gasteiger partial charge in [-0.15, -0.1) is 59.2 Å². The zero-order valence-corrected chi connectivity index (χ0v) is 36.5. The maximum absolute atomic E-state index is 12.1. The molecule has 1 saturated heterocycles. The van der Waals surface area contributed by atoms with Crippen molar-refractivity contribution in [1.29, 1.82) is 0 Å². The van der Waals surface area contributed by atoms with Crippen molar-refractivity contribution in [2.75, 3.05) is 31.4 Å². The van der Waals surface area contributed by atoms with Crippen molar-refractivity contribution in [2.45, 2.75) is 102 Å². The molecule has 0 spiro atoms. The first-order chi connectivity index (χ1) is 25.3. The van der Waals surface area contributed by atoms with E-state index >= 15 is 0 Å². The highest BCUT2D eigenvalue weighted by Gasteiger charge is 2.39. The van der Waals surface area contributed by atoms with Crippen molar-refractivity contribution < 1.29 is 24.5 Å². The smallest absolute Gasteiger partial charge is 0.258 e. The number of nitrogens with zero attached hydrogens (tertiary/aromatic N) is 1. The third kappa shape index (κ3) is 106. The van der Waals surface area contributed by atoms with Crippen LogP contribution < -0.4 is 10.4 Å². The molecule has 0 radical (unpaired) electrons. The number of amides is 2. The summed E-state index contributed by atoms with van der Waals surface area (Å²) >= 11 is 0. The molecule has 1 fully saturated rings. The summed E-state index contributed by atoms with van der Waals surface area (Å²) in [5.74, 6) is -0.850. The number of carbonyl (C=O) groups excluding carboxylic acids is 2. The van der Waals surface area contributed by atoms with Crippen molar-refractivity contribution in [3.63, 3.8) is 0 Å². The average Bonchev–Trinajstić information content (AvgIpc) is 3.40. The molecule has 0 aliphatic carbocycles. The lowest BCUT2D eigenvalue weighted by Crippen LogP contribution is -2.35. The number of hydrogen-bond acceptors (Lipinski definition) is 5. The second-order valence-corrected chi connectivity index (χ2v) is 9.08. The quantitative estimate of drug-likeness (QED) is 0.191. The van der Waals surface area contributed by atoms with Gasteiger partial charge in [-0.3, -0.25) is 15.0 Å². The Balaban J connectivity index is -0.0000000540. The van der Waals surface area contributed by atoms with Gasteiger partial charge in [0.05, 0.1) is 18.9 Å². The number of hydrogen-bond donors (Lipinski definition) is 3. The minimum Gasteiger partial charge on any atom is -0.394 e. The van der Waals surface area contributed by atoms with Crippen LogP contribution in [0.3, 0.4) is 0 Å². The fourth-order valence-electron chi connectivity index (χ4n) is 2.15. The Kier molecular flexibility index (Phi) is 128. The lowest BCUT2D eigenvalue weighted by molar-refractivity contribution is -0.127. The number of carbonyl (C=O) groups is 2. The molecule has 7 nitrogen and oxygen atoms in total. The molecule has 3 N–H and O–H groups in total. The summed E-state index contributed by atoms with van der Waals surface area (Å²) in [6, 6.07) is 9.17. The van der Waals surface area contributed by atoms with E-state index in [1.807, 2.05) is 101 Å². The molecule has 53 heavy (non-hydrogen) atoms. The molecule has 0 bridgehead atoms. The van der Waals surface area contributed by atoms with Crippen LogP contribution in [0.15, 0.2) is 144 Å². The van der Waals surface area contributed by atoms with Gasteiger partial charge in [-0.1, -0.05) is 92.6 Å². The number of unbranched alkanes of at least 4 members (excludes halogenated alkanes) is 1. The van der Waals surface area contributed by atoms with Crippen molar-refractivity contribution in [3.8, 4) is 0 Å². The van der Waals surface area contributed by atoms with Gasteiger partial charge in [0.25, 0.3) is 11.8 Å². The molecule has 0 saturated carbocycles. The van der Waals surface area contributed by atoms with Crippen molar-refractivity contribution in [2.24, 2.45) is 5.92 Å². The van der Waals surface area contributed by atoms with Crippen LogP contribution >= 0.6 is 0 Å². The highest BCUT2D eigenvalue weighted by molar-refractivity contribution is 6.14. The first-order valence-corrected chi connectivity index (χ1v) is 17.9. The van der Waals surface area contributed by atoms with E-state index in [2.05, 4.69) is 64.6 Å². The number of aliphatic hydroxyl groups excluding tert-OH is 2. The fraction of sp³-hybridized carbons (Fsp3) is 0.435. The fourth-order valence-corrected chi connectivity index (χ4v) is 2.15. The van der Waals surface area contributed by atoms with Crippen LogP contribution in [0.2, 0.25) is 0 Å². The molecular formula is C46H86N2O5. The number of rotatable bonds is 7. The predicted octanol–water partition coefficient (Wildman–Crippen LogP) is 12.6. The zero-order valence-electron chi connectivity index (χ0n) is 36.5. The van der Waals surface area contributed by atoms with E-state index in [9.17, 15) is 9.59 Å². The van der Waals surface area contributed by atoms with Gasteiger partial charge in [0.2, 0.25) is 0 Å². The van der Waals surface area contributed by atoms with E-state index in [0.717, 1.165) is 26.1 Å². The molecule has 310 valence electrons. The molecule has 1 heterocycles. The number of ether oxygens (including phenoxy) is 1. The van der Waals surface area contributed by atoms with Crippen molar-refractivity contribution in [3.05, 3.63) is 144 Å². The second kappa shape index (κ2) is 91.6. The zero-order chi connectivity index (χ0) is 44.2. The summed E-state index contributed by atoms with van der Waals surface area (Å²) in [5.41, 5.74) is 3.34. The number of anilines is 1. The Hall–Kier alpha value is -4.30. The van der Waals surface area contributed by atoms with E-state index in [1.54, 1.807) is 66.8 Å². The van der Waals surface area contributed by atoms with Gasteiger partial charge in [-0.05, 0) is 94.7 Å². The van der Waals surface area contributed by atoms with Gasteiger partial charge < -0.3 is 14.9 Å². The van der Waals surface area contributed by atoms with E-state index in [1.165, 1.54) is 5.01 Å². The van der Waals surface area contributed by atoms with Gasteiger partial charge in [0.1, 0.15) is 5.92 Å². The monoisotopic (exact) mass is 747 g/mol. The minimum absolute atomic E-state index is 0.125. The molecule has 0 aromatic heterocycles. The third-order valence-corrected chi connectivity index (χ3v) is 3.43. The molecule has 1 atom stereocenters. The predicted molar refractivity (Wildman–Crippen MR) is 244 cm³/mol. The maximum Gasteiger partial charge on any atom is 0.258 e. The summed E-state index contributed by atoms with van der Waals surface area (Å²) in [5, 5.41) is 16.6. The van der Waals surface area contributed by atoms with Crippen molar-refractivity contribution in [1.82, 2.24) is 5.43 Å². The normalized spacial score (nSPS) is 9.85. The Morgan fingerprint density at radius 1 is 0.604 bits per heavy atom. The standard InChI is InChI=1S/C13H16N2O2.C4H10O.9C3H6.C2H6O2/c1-2-3-9-11-12(16)14-15(13(11)17)10-7-5-4-6-8-10;1-3-5-4-2;9*1-3-2;3-1-2-4/h4-8,11H,2-3,9H2,1H3,(H,14,16);3-4H2,1-2H3;9*3H,1H2,2H3;3-4H,1-2H2. The average molecular weight is 747 g/mol. The van der Waals surface area contributed by atoms with Crippen LogP contribution in [-0.4, -0.2) is 48.5 Å². The lowest BCUT2D eigenvalue weighted by atomic mass is 10.0. The van der Waals surface area contributed by atoms with E-state index in [4.69, 9.17) is 14.9 Å². The molecule has 1 aliphatic rings. The Morgan fingerprint density at radius 3 is 1.09 bits per heavy atom. The van der Waals surface area contributed by atoms with Crippen LogP contribution in [-0.2, 0) is 14.3 Å². The molecule has 2 amide bonds. The van der Waals surface area contributed by atoms with Crippen LogP contribution in [0, 0.1) is 5.92 Å². The lowest BCUT2D eigenvalue weighted by Gasteiger charge is -2.14. The Morgan fingerprint density at radius 2 is 0.887 bits per heavy atom. The number of benzene rings is 1. The maximum atomic E-state index is 12.1. The van der Waals surface area contributed by atoms with Gasteiger partial charge >= 0.3 is 0 Å². The summed E-state index contributed by atoms with van der Waals surface area (Å²) < 4.78 is 4.83. The molecule has 7 heteroatoms. The largest absolute Gasteiger partial charge is 0.394 e. The number of para-hydroxylation sites is 1. The summed E-state index contributed by atoms with van der Waals surface area (Å²) in [4.78, 5) is 23.8. The number of aliphatic hydroxyl groups is 2. The SMILES string of the molecule is C=CC.C=CC.C=CC.C=CC.C=CC.C=CC.C=CC.C=CC.C=CC.CCCCC1C(=O)NN(c2ccccc2)C1=O.CCOCC.OCCO. The summed E-state index contributed by atoms with van der Waals surface area (Å²) in [6.07, 6.45) is 18.3. The van der Waals surface area contributed by atoms with Crippen LogP contribution in [0.25, 0.3) is 0 Å². The Labute approximate surface area is 330 Å². The van der Waals surface area contributed by atoms with Gasteiger partial charge in [-0.25, -0.2) is 5.01 Å². The highest BCUT2D eigenvalue weighted by atomic mass is 16.5. The van der Waals surface area contributed by atoms with Crippen molar-refractivity contribution >= 4 is 17.5 Å². The second-order valence-electron chi connectivity index (χ2n) is 9.08. The number of hydrazine groups is 1. The number of allylic oxidation sites excluding steroid dienone is 9. The molecular weight excluding hydrogens is 661 g/mol. The third-order valence-electron chi connectivity index (χ3n) is 3.43. The topological polar surface area (TPSA) is 99.1 Å². The van der Waals surface area contributed by atoms with Gasteiger partial charge in [-0.2, -0.15) is 0 Å². The molecule has 1 aromatic rings. The first-order valence-electron chi connectivity index (χ1n) is 17.9. The summed E-state index contributed by atoms with van der Waals surface area (Å²) in [7, 11) is 0.